The SMILES string of the molecule is O=C(C[C@@H]1CCOC1)NC[C@H]1SCCc2ccccc21. The van der Waals surface area contributed by atoms with E-state index in [1.165, 1.54) is 11.1 Å². The summed E-state index contributed by atoms with van der Waals surface area (Å²) in [6, 6.07) is 8.60. The van der Waals surface area contributed by atoms with Gasteiger partial charge in [-0.15, -0.1) is 0 Å². The Morgan fingerprint density at radius 2 is 2.30 bits per heavy atom. The normalized spacial score (nSPS) is 25.2. The molecule has 2 atom stereocenters. The quantitative estimate of drug-likeness (QED) is 0.926. The van der Waals surface area contributed by atoms with Gasteiger partial charge < -0.3 is 10.1 Å². The molecule has 0 spiro atoms. The van der Waals surface area contributed by atoms with Crippen LogP contribution < -0.4 is 5.32 Å². The van der Waals surface area contributed by atoms with Crippen LogP contribution in [0.15, 0.2) is 24.3 Å². The second kappa shape index (κ2) is 6.64. The van der Waals surface area contributed by atoms with Gasteiger partial charge in [0.25, 0.3) is 0 Å². The average Bonchev–Trinajstić information content (AvgIpc) is 2.98. The van der Waals surface area contributed by atoms with E-state index in [-0.39, 0.29) is 5.91 Å². The van der Waals surface area contributed by atoms with Crippen LogP contribution in [0.25, 0.3) is 0 Å². The Bertz CT molecular complexity index is 471. The van der Waals surface area contributed by atoms with Crippen LogP contribution in [0.4, 0.5) is 0 Å². The highest BCUT2D eigenvalue weighted by Gasteiger charge is 2.22. The molecule has 108 valence electrons. The zero-order valence-electron chi connectivity index (χ0n) is 11.6. The lowest BCUT2D eigenvalue weighted by molar-refractivity contribution is -0.122. The van der Waals surface area contributed by atoms with Crippen LogP contribution in [0.5, 0.6) is 0 Å². The monoisotopic (exact) mass is 291 g/mol. The fraction of sp³-hybridized carbons (Fsp3) is 0.562. The summed E-state index contributed by atoms with van der Waals surface area (Å²) in [5.74, 6) is 1.74. The van der Waals surface area contributed by atoms with Crippen LogP contribution >= 0.6 is 11.8 Å². The second-order valence-electron chi connectivity index (χ2n) is 5.55. The Morgan fingerprint density at radius 3 is 3.15 bits per heavy atom. The summed E-state index contributed by atoms with van der Waals surface area (Å²) < 4.78 is 5.31. The van der Waals surface area contributed by atoms with Crippen molar-refractivity contribution in [1.29, 1.82) is 0 Å². The predicted molar refractivity (Wildman–Crippen MR) is 81.9 cm³/mol. The first-order valence-electron chi connectivity index (χ1n) is 7.37. The van der Waals surface area contributed by atoms with Gasteiger partial charge in [0, 0.05) is 31.4 Å². The van der Waals surface area contributed by atoms with Gasteiger partial charge >= 0.3 is 0 Å². The van der Waals surface area contributed by atoms with Crippen LogP contribution in [0.2, 0.25) is 0 Å². The Hall–Kier alpha value is -1.00. The summed E-state index contributed by atoms with van der Waals surface area (Å²) in [5.41, 5.74) is 2.84. The first-order chi connectivity index (χ1) is 9.83. The van der Waals surface area contributed by atoms with Crippen molar-refractivity contribution in [3.8, 4) is 0 Å². The molecule has 0 aliphatic carbocycles. The van der Waals surface area contributed by atoms with Crippen molar-refractivity contribution < 1.29 is 9.53 Å². The lowest BCUT2D eigenvalue weighted by atomic mass is 10.0. The van der Waals surface area contributed by atoms with Gasteiger partial charge in [-0.1, -0.05) is 24.3 Å². The zero-order valence-corrected chi connectivity index (χ0v) is 12.5. The van der Waals surface area contributed by atoms with E-state index in [2.05, 4.69) is 29.6 Å². The van der Waals surface area contributed by atoms with Crippen molar-refractivity contribution in [2.24, 2.45) is 5.92 Å². The first-order valence-corrected chi connectivity index (χ1v) is 8.41. The van der Waals surface area contributed by atoms with Gasteiger partial charge in [0.1, 0.15) is 0 Å². The van der Waals surface area contributed by atoms with E-state index in [1.807, 2.05) is 11.8 Å². The number of ether oxygens (including phenoxy) is 1. The first kappa shape index (κ1) is 14.0. The fourth-order valence-electron chi connectivity index (χ4n) is 2.93. The van der Waals surface area contributed by atoms with Crippen LogP contribution in [0, 0.1) is 5.92 Å². The molecule has 2 heterocycles. The number of thioether (sulfide) groups is 1. The standard InChI is InChI=1S/C16H21NO2S/c18-16(9-12-5-7-19-11-12)17-10-15-14-4-2-1-3-13(14)6-8-20-15/h1-4,12,15H,5-11H2,(H,17,18)/t12-,15+/m0/s1. The van der Waals surface area contributed by atoms with Crippen molar-refractivity contribution in [3.63, 3.8) is 0 Å². The number of amides is 1. The molecule has 1 fully saturated rings. The number of fused-ring (bicyclic) bond motifs is 1. The van der Waals surface area contributed by atoms with Crippen molar-refractivity contribution in [1.82, 2.24) is 5.32 Å². The third kappa shape index (κ3) is 3.36. The molecule has 1 amide bonds. The third-order valence-corrected chi connectivity index (χ3v) is 5.34. The fourth-order valence-corrected chi connectivity index (χ4v) is 4.16. The maximum atomic E-state index is 12.0. The smallest absolute Gasteiger partial charge is 0.220 e. The number of hydrogen-bond acceptors (Lipinski definition) is 3. The highest BCUT2D eigenvalue weighted by atomic mass is 32.2. The van der Waals surface area contributed by atoms with Gasteiger partial charge in [0.2, 0.25) is 5.91 Å². The second-order valence-corrected chi connectivity index (χ2v) is 6.86. The average molecular weight is 291 g/mol. The van der Waals surface area contributed by atoms with Gasteiger partial charge in [0.05, 0.1) is 0 Å². The molecule has 1 N–H and O–H groups in total. The molecule has 1 saturated heterocycles. The molecule has 0 bridgehead atoms. The van der Waals surface area contributed by atoms with Crippen molar-refractivity contribution in [2.45, 2.75) is 24.5 Å². The van der Waals surface area contributed by atoms with E-state index in [0.717, 1.165) is 38.4 Å². The minimum absolute atomic E-state index is 0.171. The van der Waals surface area contributed by atoms with Crippen molar-refractivity contribution in [2.75, 3.05) is 25.5 Å². The molecule has 0 aromatic heterocycles. The molecule has 0 unspecified atom stereocenters. The molecule has 3 nitrogen and oxygen atoms in total. The Balaban J connectivity index is 1.52. The highest BCUT2D eigenvalue weighted by Crippen LogP contribution is 2.35. The predicted octanol–water partition coefficient (Wildman–Crippen LogP) is 2.56. The van der Waals surface area contributed by atoms with E-state index in [4.69, 9.17) is 4.74 Å². The lowest BCUT2D eigenvalue weighted by Crippen LogP contribution is -2.30. The molecule has 1 aromatic rings. The lowest BCUT2D eigenvalue weighted by Gasteiger charge is -2.25. The Kier molecular flexibility index (Phi) is 4.63. The van der Waals surface area contributed by atoms with Crippen molar-refractivity contribution >= 4 is 17.7 Å². The molecule has 2 aliphatic heterocycles. The number of carbonyl (C=O) groups excluding carboxylic acids is 1. The molecule has 4 heteroatoms. The molecule has 3 rings (SSSR count). The Labute approximate surface area is 124 Å². The molecule has 0 saturated carbocycles. The summed E-state index contributed by atoms with van der Waals surface area (Å²) in [7, 11) is 0. The van der Waals surface area contributed by atoms with Crippen LogP contribution in [0.1, 0.15) is 29.2 Å². The minimum Gasteiger partial charge on any atom is -0.381 e. The van der Waals surface area contributed by atoms with Gasteiger partial charge in [-0.05, 0) is 35.6 Å². The van der Waals surface area contributed by atoms with E-state index in [1.54, 1.807) is 0 Å². The van der Waals surface area contributed by atoms with Gasteiger partial charge in [-0.3, -0.25) is 4.79 Å². The van der Waals surface area contributed by atoms with E-state index < -0.39 is 0 Å². The van der Waals surface area contributed by atoms with E-state index >= 15 is 0 Å². The summed E-state index contributed by atoms with van der Waals surface area (Å²) >= 11 is 1.95. The van der Waals surface area contributed by atoms with E-state index in [0.29, 0.717) is 17.6 Å². The number of aryl methyl sites for hydroxylation is 1. The topological polar surface area (TPSA) is 38.3 Å². The van der Waals surface area contributed by atoms with Crippen LogP contribution in [-0.2, 0) is 16.0 Å². The number of nitrogens with one attached hydrogen (secondary N) is 1. The van der Waals surface area contributed by atoms with Gasteiger partial charge in [0.15, 0.2) is 0 Å². The van der Waals surface area contributed by atoms with E-state index in [9.17, 15) is 4.79 Å². The Morgan fingerprint density at radius 1 is 1.40 bits per heavy atom. The zero-order chi connectivity index (χ0) is 13.8. The maximum Gasteiger partial charge on any atom is 0.220 e. The highest BCUT2D eigenvalue weighted by molar-refractivity contribution is 7.99. The van der Waals surface area contributed by atoms with Gasteiger partial charge in [-0.2, -0.15) is 11.8 Å². The number of rotatable bonds is 4. The molecule has 2 aliphatic rings. The summed E-state index contributed by atoms with van der Waals surface area (Å²) in [4.78, 5) is 12.0. The third-order valence-electron chi connectivity index (χ3n) is 4.08. The molecule has 1 aromatic carbocycles. The largest absolute Gasteiger partial charge is 0.381 e. The number of carbonyl (C=O) groups is 1. The van der Waals surface area contributed by atoms with Crippen LogP contribution in [-0.4, -0.2) is 31.4 Å². The molecule has 20 heavy (non-hydrogen) atoms. The molecule has 0 radical (unpaired) electrons. The summed E-state index contributed by atoms with van der Waals surface area (Å²) in [6.45, 7) is 2.30. The summed E-state index contributed by atoms with van der Waals surface area (Å²) in [6.07, 6.45) is 2.78. The number of hydrogen-bond donors (Lipinski definition) is 1. The summed E-state index contributed by atoms with van der Waals surface area (Å²) in [5, 5.41) is 3.51. The molecular formula is C16H21NO2S. The van der Waals surface area contributed by atoms with Crippen molar-refractivity contribution in [3.05, 3.63) is 35.4 Å². The van der Waals surface area contributed by atoms with Crippen LogP contribution in [0.3, 0.4) is 0 Å². The minimum atomic E-state index is 0.171. The van der Waals surface area contributed by atoms with Gasteiger partial charge in [-0.25, -0.2) is 0 Å². The molecular weight excluding hydrogens is 270 g/mol. The maximum absolute atomic E-state index is 12.0. The number of benzene rings is 1.